The van der Waals surface area contributed by atoms with E-state index >= 15 is 0 Å². The highest BCUT2D eigenvalue weighted by atomic mass is 19.4. The van der Waals surface area contributed by atoms with Crippen molar-refractivity contribution < 1.29 is 18.0 Å². The molecule has 0 saturated heterocycles. The summed E-state index contributed by atoms with van der Waals surface area (Å²) in [4.78, 5) is 10.9. The number of amides is 1. The molecule has 18 heavy (non-hydrogen) atoms. The fourth-order valence-electron chi connectivity index (χ4n) is 2.23. The molecule has 98 valence electrons. The molecule has 1 amide bonds. The Kier molecular flexibility index (Phi) is 3.19. The number of alkyl halides is 3. The second-order valence-corrected chi connectivity index (χ2v) is 4.40. The molecule has 0 aromatic heterocycles. The van der Waals surface area contributed by atoms with Crippen LogP contribution in [0.4, 0.5) is 18.9 Å². The van der Waals surface area contributed by atoms with Gasteiger partial charge in [-0.15, -0.1) is 0 Å². The number of fused-ring (bicyclic) bond motifs is 1. The highest BCUT2D eigenvalue weighted by Gasteiger charge is 2.40. The molecule has 6 heteroatoms. The smallest absolute Gasteiger partial charge is 0.398 e. The molecule has 1 aromatic carbocycles. The molecular formula is C12H13F3N2O. The van der Waals surface area contributed by atoms with Gasteiger partial charge in [0.25, 0.3) is 0 Å². The summed E-state index contributed by atoms with van der Waals surface area (Å²) in [5.41, 5.74) is 8.34. The van der Waals surface area contributed by atoms with Gasteiger partial charge < -0.3 is 11.1 Å². The fraction of sp³-hybridized carbons (Fsp3) is 0.417. The molecule has 0 aliphatic heterocycles. The maximum Gasteiger partial charge on any atom is 0.471 e. The van der Waals surface area contributed by atoms with E-state index in [1.165, 1.54) is 0 Å². The summed E-state index contributed by atoms with van der Waals surface area (Å²) in [6.07, 6.45) is -3.37. The van der Waals surface area contributed by atoms with E-state index in [9.17, 15) is 18.0 Å². The summed E-state index contributed by atoms with van der Waals surface area (Å²) in [5, 5.41) is 2.01. The second-order valence-electron chi connectivity index (χ2n) is 4.40. The van der Waals surface area contributed by atoms with E-state index in [0.717, 1.165) is 11.1 Å². The monoisotopic (exact) mass is 258 g/mol. The standard InChI is InChI=1S/C12H13F3N2O/c13-12(14,15)11(18)17-8-4-5-9-7(6-8)2-1-3-10(9)16/h1-3,8H,4-6,16H2,(H,17,18). The first-order valence-electron chi connectivity index (χ1n) is 5.62. The van der Waals surface area contributed by atoms with Gasteiger partial charge in [0, 0.05) is 11.7 Å². The zero-order chi connectivity index (χ0) is 13.3. The Morgan fingerprint density at radius 1 is 1.39 bits per heavy atom. The minimum Gasteiger partial charge on any atom is -0.398 e. The van der Waals surface area contributed by atoms with Crippen LogP contribution in [0, 0.1) is 0 Å². The van der Waals surface area contributed by atoms with Crippen molar-refractivity contribution in [1.82, 2.24) is 5.32 Å². The molecular weight excluding hydrogens is 245 g/mol. The number of anilines is 1. The lowest BCUT2D eigenvalue weighted by molar-refractivity contribution is -0.174. The van der Waals surface area contributed by atoms with Crippen molar-refractivity contribution in [2.24, 2.45) is 0 Å². The van der Waals surface area contributed by atoms with E-state index in [0.29, 0.717) is 24.9 Å². The minimum absolute atomic E-state index is 0.391. The molecule has 1 aliphatic rings. The van der Waals surface area contributed by atoms with E-state index < -0.39 is 18.1 Å². The van der Waals surface area contributed by atoms with Gasteiger partial charge in [0.05, 0.1) is 0 Å². The van der Waals surface area contributed by atoms with Gasteiger partial charge in [-0.25, -0.2) is 0 Å². The average Bonchev–Trinajstić information content (AvgIpc) is 2.28. The van der Waals surface area contributed by atoms with Gasteiger partial charge in [-0.3, -0.25) is 4.79 Å². The SMILES string of the molecule is Nc1cccc2c1CCC(NC(=O)C(F)(F)F)C2. The Hall–Kier alpha value is -1.72. The third-order valence-corrected chi connectivity index (χ3v) is 3.11. The lowest BCUT2D eigenvalue weighted by atomic mass is 9.87. The van der Waals surface area contributed by atoms with Crippen molar-refractivity contribution >= 4 is 11.6 Å². The largest absolute Gasteiger partial charge is 0.471 e. The van der Waals surface area contributed by atoms with Crippen LogP contribution in [0.5, 0.6) is 0 Å². The van der Waals surface area contributed by atoms with Gasteiger partial charge in [0.1, 0.15) is 0 Å². The van der Waals surface area contributed by atoms with Gasteiger partial charge in [0.2, 0.25) is 0 Å². The number of hydrogen-bond acceptors (Lipinski definition) is 2. The van der Waals surface area contributed by atoms with Crippen molar-refractivity contribution in [3.63, 3.8) is 0 Å². The second kappa shape index (κ2) is 4.51. The quantitative estimate of drug-likeness (QED) is 0.755. The molecule has 3 N–H and O–H groups in total. The van der Waals surface area contributed by atoms with Crippen molar-refractivity contribution in [3.05, 3.63) is 29.3 Å². The Labute approximate surface area is 102 Å². The first kappa shape index (κ1) is 12.7. The average molecular weight is 258 g/mol. The number of nitrogens with one attached hydrogen (secondary N) is 1. The summed E-state index contributed by atoms with van der Waals surface area (Å²) < 4.78 is 36.4. The number of nitrogens with two attached hydrogens (primary N) is 1. The van der Waals surface area contributed by atoms with E-state index in [1.807, 2.05) is 11.4 Å². The van der Waals surface area contributed by atoms with Gasteiger partial charge in [-0.05, 0) is 36.5 Å². The summed E-state index contributed by atoms with van der Waals surface area (Å²) in [6, 6.07) is 4.89. The summed E-state index contributed by atoms with van der Waals surface area (Å²) >= 11 is 0. The topological polar surface area (TPSA) is 55.1 Å². The normalized spacial score (nSPS) is 19.2. The van der Waals surface area contributed by atoms with Crippen molar-refractivity contribution in [3.8, 4) is 0 Å². The number of halogens is 3. The van der Waals surface area contributed by atoms with E-state index in [2.05, 4.69) is 0 Å². The van der Waals surface area contributed by atoms with Crippen LogP contribution in [0.3, 0.4) is 0 Å². The molecule has 0 spiro atoms. The van der Waals surface area contributed by atoms with Crippen molar-refractivity contribution in [2.75, 3.05) is 5.73 Å². The molecule has 1 atom stereocenters. The number of carbonyl (C=O) groups excluding carboxylic acids is 1. The predicted octanol–water partition coefficient (Wildman–Crippen LogP) is 1.80. The highest BCUT2D eigenvalue weighted by molar-refractivity contribution is 5.82. The molecule has 2 rings (SSSR count). The fourth-order valence-corrected chi connectivity index (χ4v) is 2.23. The van der Waals surface area contributed by atoms with Crippen LogP contribution in [0.2, 0.25) is 0 Å². The Bertz CT molecular complexity index is 471. The molecule has 0 saturated carbocycles. The lowest BCUT2D eigenvalue weighted by Crippen LogP contribution is -2.45. The van der Waals surface area contributed by atoms with Gasteiger partial charge in [-0.1, -0.05) is 12.1 Å². The van der Waals surface area contributed by atoms with Crippen molar-refractivity contribution in [1.29, 1.82) is 0 Å². The maximum atomic E-state index is 12.1. The number of hydrogen-bond donors (Lipinski definition) is 2. The van der Waals surface area contributed by atoms with Crippen LogP contribution in [-0.4, -0.2) is 18.1 Å². The molecule has 0 bridgehead atoms. The minimum atomic E-state index is -4.82. The van der Waals surface area contributed by atoms with E-state index in [1.54, 1.807) is 12.1 Å². The maximum absolute atomic E-state index is 12.1. The Morgan fingerprint density at radius 2 is 2.11 bits per heavy atom. The lowest BCUT2D eigenvalue weighted by Gasteiger charge is -2.26. The molecule has 0 radical (unpaired) electrons. The van der Waals surface area contributed by atoms with Crippen LogP contribution in [0.15, 0.2) is 18.2 Å². The van der Waals surface area contributed by atoms with Gasteiger partial charge >= 0.3 is 12.1 Å². The van der Waals surface area contributed by atoms with E-state index in [-0.39, 0.29) is 0 Å². The molecule has 0 heterocycles. The van der Waals surface area contributed by atoms with Crippen LogP contribution >= 0.6 is 0 Å². The summed E-state index contributed by atoms with van der Waals surface area (Å²) in [7, 11) is 0. The third kappa shape index (κ3) is 2.57. The first-order chi connectivity index (χ1) is 8.38. The molecule has 1 aliphatic carbocycles. The first-order valence-corrected chi connectivity index (χ1v) is 5.62. The predicted molar refractivity (Wildman–Crippen MR) is 60.9 cm³/mol. The van der Waals surface area contributed by atoms with Crippen LogP contribution in [0.1, 0.15) is 17.5 Å². The summed E-state index contributed by atoms with van der Waals surface area (Å²) in [6.45, 7) is 0. The molecule has 1 aromatic rings. The molecule has 0 fully saturated rings. The Morgan fingerprint density at radius 3 is 2.78 bits per heavy atom. The number of nitrogen functional groups attached to an aromatic ring is 1. The third-order valence-electron chi connectivity index (χ3n) is 3.11. The number of rotatable bonds is 1. The highest BCUT2D eigenvalue weighted by Crippen LogP contribution is 2.26. The van der Waals surface area contributed by atoms with Crippen molar-refractivity contribution in [2.45, 2.75) is 31.5 Å². The zero-order valence-corrected chi connectivity index (χ0v) is 9.55. The van der Waals surface area contributed by atoms with Gasteiger partial charge in [-0.2, -0.15) is 13.2 Å². The number of benzene rings is 1. The number of carbonyl (C=O) groups is 1. The van der Waals surface area contributed by atoms with Gasteiger partial charge in [0.15, 0.2) is 0 Å². The van der Waals surface area contributed by atoms with E-state index in [4.69, 9.17) is 5.73 Å². The zero-order valence-electron chi connectivity index (χ0n) is 9.55. The molecule has 3 nitrogen and oxygen atoms in total. The Balaban J connectivity index is 2.07. The molecule has 1 unspecified atom stereocenters. The van der Waals surface area contributed by atoms with Crippen LogP contribution < -0.4 is 11.1 Å². The van der Waals surface area contributed by atoms with Crippen LogP contribution in [-0.2, 0) is 17.6 Å². The van der Waals surface area contributed by atoms with Crippen LogP contribution in [0.25, 0.3) is 0 Å². The summed E-state index contributed by atoms with van der Waals surface area (Å²) in [5.74, 6) is -1.88.